The third-order valence-electron chi connectivity index (χ3n) is 5.06. The van der Waals surface area contributed by atoms with Crippen LogP contribution in [0.4, 0.5) is 5.69 Å². The number of hydrogen-bond donors (Lipinski definition) is 0. The number of para-hydroxylation sites is 1. The Morgan fingerprint density at radius 3 is 2.41 bits per heavy atom. The molecule has 4 heteroatoms. The van der Waals surface area contributed by atoms with Crippen LogP contribution in [0.15, 0.2) is 48.5 Å². The Balaban J connectivity index is 1.69. The number of benzene rings is 2. The number of rotatable bonds is 4. The molecule has 2 aromatic carbocycles. The molecule has 142 valence electrons. The topological polar surface area (TPSA) is 46.6 Å². The molecule has 0 spiro atoms. The lowest BCUT2D eigenvalue weighted by molar-refractivity contribution is -0.139. The Hall–Kier alpha value is -2.62. The van der Waals surface area contributed by atoms with E-state index in [0.29, 0.717) is 12.3 Å². The van der Waals surface area contributed by atoms with E-state index in [-0.39, 0.29) is 23.7 Å². The molecule has 0 saturated carbocycles. The van der Waals surface area contributed by atoms with E-state index in [9.17, 15) is 9.59 Å². The van der Waals surface area contributed by atoms with Crippen molar-refractivity contribution in [1.82, 2.24) is 0 Å². The van der Waals surface area contributed by atoms with Crippen molar-refractivity contribution in [2.24, 2.45) is 5.92 Å². The fourth-order valence-electron chi connectivity index (χ4n) is 3.39. The van der Waals surface area contributed by atoms with E-state index >= 15 is 0 Å². The first kappa shape index (κ1) is 19.2. The van der Waals surface area contributed by atoms with E-state index < -0.39 is 5.92 Å². The van der Waals surface area contributed by atoms with Gasteiger partial charge in [0.1, 0.15) is 5.75 Å². The second-order valence-electron chi connectivity index (χ2n) is 8.08. The molecular weight excluding hydrogens is 338 g/mol. The lowest BCUT2D eigenvalue weighted by atomic mass is 9.87. The van der Waals surface area contributed by atoms with Gasteiger partial charge in [0.25, 0.3) is 0 Å². The van der Waals surface area contributed by atoms with Gasteiger partial charge in [-0.2, -0.15) is 0 Å². The first-order valence-electron chi connectivity index (χ1n) is 9.50. The van der Waals surface area contributed by atoms with Gasteiger partial charge in [-0.05, 0) is 41.2 Å². The van der Waals surface area contributed by atoms with Crippen molar-refractivity contribution < 1.29 is 14.3 Å². The van der Waals surface area contributed by atoms with Gasteiger partial charge in [0.05, 0.1) is 5.92 Å². The Bertz CT molecular complexity index is 833. The summed E-state index contributed by atoms with van der Waals surface area (Å²) in [5, 5.41) is 0. The fraction of sp³-hybridized carbons (Fsp3) is 0.391. The van der Waals surface area contributed by atoms with Gasteiger partial charge in [-0.3, -0.25) is 9.59 Å². The summed E-state index contributed by atoms with van der Waals surface area (Å²) in [5.74, 6) is -0.290. The molecule has 0 radical (unpaired) electrons. The van der Waals surface area contributed by atoms with Gasteiger partial charge in [0.15, 0.2) is 0 Å². The highest BCUT2D eigenvalue weighted by molar-refractivity contribution is 6.00. The normalized spacial score (nSPS) is 17.3. The van der Waals surface area contributed by atoms with Crippen LogP contribution in [0, 0.1) is 5.92 Å². The van der Waals surface area contributed by atoms with Crippen LogP contribution in [0.2, 0.25) is 0 Å². The van der Waals surface area contributed by atoms with E-state index in [2.05, 4.69) is 27.7 Å². The highest BCUT2D eigenvalue weighted by atomic mass is 16.5. The second kappa shape index (κ2) is 7.55. The molecule has 2 aromatic rings. The summed E-state index contributed by atoms with van der Waals surface area (Å²) in [5.41, 5.74) is 3.24. The number of hydrogen-bond acceptors (Lipinski definition) is 3. The van der Waals surface area contributed by atoms with Gasteiger partial charge in [0, 0.05) is 18.7 Å². The van der Waals surface area contributed by atoms with Gasteiger partial charge >= 0.3 is 5.97 Å². The number of carbonyl (C=O) groups excluding carboxylic acids is 2. The van der Waals surface area contributed by atoms with E-state index in [4.69, 9.17) is 4.74 Å². The van der Waals surface area contributed by atoms with Gasteiger partial charge in [0.2, 0.25) is 5.91 Å². The van der Waals surface area contributed by atoms with Gasteiger partial charge in [-0.1, -0.05) is 58.0 Å². The number of amides is 1. The van der Waals surface area contributed by atoms with E-state index in [1.54, 1.807) is 4.90 Å². The Morgan fingerprint density at radius 2 is 1.78 bits per heavy atom. The average molecular weight is 365 g/mol. The average Bonchev–Trinajstić information content (AvgIpc) is 3.03. The highest BCUT2D eigenvalue weighted by Gasteiger charge is 2.37. The van der Waals surface area contributed by atoms with Crippen molar-refractivity contribution in [3.05, 3.63) is 59.7 Å². The molecule has 1 aliphatic heterocycles. The van der Waals surface area contributed by atoms with Crippen molar-refractivity contribution in [1.29, 1.82) is 0 Å². The summed E-state index contributed by atoms with van der Waals surface area (Å²) < 4.78 is 5.54. The third-order valence-corrected chi connectivity index (χ3v) is 5.06. The van der Waals surface area contributed by atoms with Crippen molar-refractivity contribution in [3.63, 3.8) is 0 Å². The van der Waals surface area contributed by atoms with Gasteiger partial charge in [-0.15, -0.1) is 0 Å². The summed E-state index contributed by atoms with van der Waals surface area (Å²) in [7, 11) is 0. The molecule has 0 bridgehead atoms. The number of carbonyl (C=O) groups is 2. The van der Waals surface area contributed by atoms with Crippen molar-refractivity contribution >= 4 is 17.6 Å². The minimum Gasteiger partial charge on any atom is -0.426 e. The molecule has 1 saturated heterocycles. The quantitative estimate of drug-likeness (QED) is 0.592. The first-order valence-corrected chi connectivity index (χ1v) is 9.50. The highest BCUT2D eigenvalue weighted by Crippen LogP contribution is 2.30. The SMILES string of the molecule is CCc1ccccc1N1C[C@H](C(=O)Oc2ccc(C(C)(C)C)cc2)CC1=O. The standard InChI is InChI=1S/C23H27NO3/c1-5-16-8-6-7-9-20(16)24-15-17(14-21(24)25)22(26)27-19-12-10-18(11-13-19)23(2,3)4/h6-13,17H,5,14-15H2,1-4H3/t17-/m1/s1. The van der Waals surface area contributed by atoms with Crippen LogP contribution in [-0.4, -0.2) is 18.4 Å². The van der Waals surface area contributed by atoms with Crippen LogP contribution in [-0.2, 0) is 21.4 Å². The lowest BCUT2D eigenvalue weighted by Crippen LogP contribution is -2.28. The molecular formula is C23H27NO3. The first-order chi connectivity index (χ1) is 12.8. The molecule has 0 N–H and O–H groups in total. The van der Waals surface area contributed by atoms with Crippen molar-refractivity contribution in [2.75, 3.05) is 11.4 Å². The zero-order valence-corrected chi connectivity index (χ0v) is 16.5. The molecule has 1 amide bonds. The smallest absolute Gasteiger partial charge is 0.316 e. The van der Waals surface area contributed by atoms with Crippen LogP contribution in [0.3, 0.4) is 0 Å². The Labute approximate surface area is 161 Å². The zero-order chi connectivity index (χ0) is 19.6. The summed E-state index contributed by atoms with van der Waals surface area (Å²) in [6.07, 6.45) is 1.03. The predicted molar refractivity (Wildman–Crippen MR) is 107 cm³/mol. The van der Waals surface area contributed by atoms with Crippen LogP contribution < -0.4 is 9.64 Å². The predicted octanol–water partition coefficient (Wildman–Crippen LogP) is 4.51. The summed E-state index contributed by atoms with van der Waals surface area (Å²) in [4.78, 5) is 26.8. The molecule has 1 atom stereocenters. The number of nitrogens with zero attached hydrogens (tertiary/aromatic N) is 1. The maximum atomic E-state index is 12.6. The molecule has 27 heavy (non-hydrogen) atoms. The molecule has 1 fully saturated rings. The molecule has 0 aliphatic carbocycles. The Kier molecular flexibility index (Phi) is 5.36. The maximum Gasteiger partial charge on any atom is 0.316 e. The van der Waals surface area contributed by atoms with E-state index in [1.165, 1.54) is 5.56 Å². The summed E-state index contributed by atoms with van der Waals surface area (Å²) >= 11 is 0. The number of anilines is 1. The molecule has 0 aromatic heterocycles. The molecule has 3 rings (SSSR count). The largest absolute Gasteiger partial charge is 0.426 e. The molecule has 1 heterocycles. The van der Waals surface area contributed by atoms with Crippen LogP contribution in [0.25, 0.3) is 0 Å². The van der Waals surface area contributed by atoms with Gasteiger partial charge in [-0.25, -0.2) is 0 Å². The van der Waals surface area contributed by atoms with Crippen LogP contribution in [0.1, 0.15) is 45.2 Å². The zero-order valence-electron chi connectivity index (χ0n) is 16.5. The second-order valence-corrected chi connectivity index (χ2v) is 8.08. The van der Waals surface area contributed by atoms with Crippen molar-refractivity contribution in [3.8, 4) is 5.75 Å². The monoisotopic (exact) mass is 365 g/mol. The third kappa shape index (κ3) is 4.21. The van der Waals surface area contributed by atoms with Crippen molar-refractivity contribution in [2.45, 2.75) is 46.0 Å². The van der Waals surface area contributed by atoms with Gasteiger partial charge < -0.3 is 9.64 Å². The number of ether oxygens (including phenoxy) is 1. The van der Waals surface area contributed by atoms with Crippen LogP contribution >= 0.6 is 0 Å². The fourth-order valence-corrected chi connectivity index (χ4v) is 3.39. The molecule has 0 unspecified atom stereocenters. The van der Waals surface area contributed by atoms with E-state index in [0.717, 1.165) is 17.7 Å². The molecule has 1 aliphatic rings. The number of aryl methyl sites for hydroxylation is 1. The number of esters is 1. The summed E-state index contributed by atoms with van der Waals surface area (Å²) in [6, 6.07) is 15.4. The Morgan fingerprint density at radius 1 is 1.11 bits per heavy atom. The minimum absolute atomic E-state index is 0.0269. The van der Waals surface area contributed by atoms with E-state index in [1.807, 2.05) is 48.5 Å². The molecule has 4 nitrogen and oxygen atoms in total. The maximum absolute atomic E-state index is 12.6. The lowest BCUT2D eigenvalue weighted by Gasteiger charge is -2.20. The van der Waals surface area contributed by atoms with Crippen LogP contribution in [0.5, 0.6) is 5.75 Å². The summed E-state index contributed by atoms with van der Waals surface area (Å²) in [6.45, 7) is 8.85. The minimum atomic E-state index is -0.440.